The maximum Gasteiger partial charge on any atom is 0.435 e. The van der Waals surface area contributed by atoms with Crippen molar-refractivity contribution in [2.75, 3.05) is 23.5 Å². The zero-order chi connectivity index (χ0) is 39.8. The van der Waals surface area contributed by atoms with E-state index in [2.05, 4.69) is 37.4 Å². The number of nitrogens with one attached hydrogen (secondary N) is 2. The Morgan fingerprint density at radius 1 is 0.868 bits per heavy atom. The molecule has 53 heavy (non-hydrogen) atoms. The van der Waals surface area contributed by atoms with Crippen LogP contribution in [0.4, 0.5) is 52.4 Å². The van der Waals surface area contributed by atoms with Gasteiger partial charge in [-0.2, -0.15) is 36.5 Å². The number of benzene rings is 1. The van der Waals surface area contributed by atoms with Crippen molar-refractivity contribution in [3.8, 4) is 28.3 Å². The highest BCUT2D eigenvalue weighted by Gasteiger charge is 2.36. The Labute approximate surface area is 296 Å². The molecule has 0 saturated heterocycles. The Balaban J connectivity index is 0.000000282. The molecule has 0 fully saturated rings. The maximum atomic E-state index is 13.7. The molecule has 12 nitrogen and oxygen atoms in total. The Kier molecular flexibility index (Phi) is 13.0. The average Bonchev–Trinajstić information content (AvgIpc) is 3.70. The number of para-hydroxylation sites is 1. The van der Waals surface area contributed by atoms with Gasteiger partial charge in [-0.1, -0.05) is 26.5 Å². The Hall–Kier alpha value is -6.34. The van der Waals surface area contributed by atoms with Gasteiger partial charge in [0.05, 0.1) is 18.5 Å². The summed E-state index contributed by atoms with van der Waals surface area (Å²) in [7, 11) is 3.90. The number of pyridine rings is 2. The van der Waals surface area contributed by atoms with Crippen LogP contribution in [0.2, 0.25) is 0 Å². The standard InChI is InChI=1S/C18H13F5N4O2.C13H12F3N5O.C2H6/c1-27-12(7-14(26-27)18(21,22)23)9-6-13(29-2)16(24-8-9)17(28)25-15-10(19)4-3-5-11(15)20;1-3-11(22)18-10-5-4-7(12(17)19-10)8-6-9(13(14,15)16)20-21(8)2;1-2/h3-8H,1-2H3,(H,25,28);3-6H,1H2,2H3,(H3,17,18,19,22);1-2H3. The van der Waals surface area contributed by atoms with Crippen molar-refractivity contribution in [1.82, 2.24) is 29.5 Å². The molecule has 0 unspecified atom stereocenters. The molecule has 4 heterocycles. The molecule has 0 aliphatic rings. The number of nitrogen functional groups attached to an aromatic ring is 1. The molecule has 5 aromatic rings. The predicted molar refractivity (Wildman–Crippen MR) is 178 cm³/mol. The van der Waals surface area contributed by atoms with Crippen molar-refractivity contribution in [3.63, 3.8) is 0 Å². The quantitative estimate of drug-likeness (QED) is 0.116. The van der Waals surface area contributed by atoms with Gasteiger partial charge in [0.1, 0.15) is 29.0 Å². The molecule has 5 rings (SSSR count). The van der Waals surface area contributed by atoms with Crippen LogP contribution >= 0.6 is 0 Å². The zero-order valence-electron chi connectivity index (χ0n) is 28.5. The molecule has 0 atom stereocenters. The fraction of sp³-hybridized carbons (Fsp3) is 0.212. The van der Waals surface area contributed by atoms with E-state index >= 15 is 0 Å². The van der Waals surface area contributed by atoms with Crippen LogP contribution in [0.1, 0.15) is 35.7 Å². The van der Waals surface area contributed by atoms with Gasteiger partial charge in [0.15, 0.2) is 22.8 Å². The molecule has 0 radical (unpaired) electrons. The summed E-state index contributed by atoms with van der Waals surface area (Å²) >= 11 is 0. The van der Waals surface area contributed by atoms with Crippen LogP contribution in [0.5, 0.6) is 5.75 Å². The molecule has 0 aliphatic heterocycles. The number of amides is 2. The van der Waals surface area contributed by atoms with Crippen LogP contribution in [0.25, 0.3) is 22.5 Å². The summed E-state index contributed by atoms with van der Waals surface area (Å²) in [5, 5.41) is 11.3. The van der Waals surface area contributed by atoms with Gasteiger partial charge >= 0.3 is 12.4 Å². The van der Waals surface area contributed by atoms with Crippen molar-refractivity contribution < 1.29 is 49.4 Å². The first-order chi connectivity index (χ1) is 24.8. The largest absolute Gasteiger partial charge is 0.494 e. The van der Waals surface area contributed by atoms with Crippen LogP contribution in [0, 0.1) is 11.6 Å². The van der Waals surface area contributed by atoms with Gasteiger partial charge in [-0.25, -0.2) is 18.7 Å². The molecule has 4 N–H and O–H groups in total. The normalized spacial score (nSPS) is 11.0. The van der Waals surface area contributed by atoms with E-state index < -0.39 is 52.9 Å². The van der Waals surface area contributed by atoms with Gasteiger partial charge in [-0.05, 0) is 48.5 Å². The highest BCUT2D eigenvalue weighted by atomic mass is 19.4. The molecular weight excluding hydrogens is 722 g/mol. The molecule has 20 heteroatoms. The lowest BCUT2D eigenvalue weighted by molar-refractivity contribution is -0.142. The van der Waals surface area contributed by atoms with E-state index in [0.717, 1.165) is 52.0 Å². The topological polar surface area (TPSA) is 155 Å². The molecule has 0 bridgehead atoms. The average molecular weight is 754 g/mol. The third-order valence-electron chi connectivity index (χ3n) is 6.76. The fourth-order valence-electron chi connectivity index (χ4n) is 4.37. The van der Waals surface area contributed by atoms with E-state index in [1.165, 1.54) is 39.4 Å². The summed E-state index contributed by atoms with van der Waals surface area (Å²) in [6, 6.07) is 8.93. The zero-order valence-corrected chi connectivity index (χ0v) is 28.5. The van der Waals surface area contributed by atoms with Gasteiger partial charge in [0, 0.05) is 31.4 Å². The first-order valence-corrected chi connectivity index (χ1v) is 15.1. The van der Waals surface area contributed by atoms with Crippen molar-refractivity contribution in [2.45, 2.75) is 26.2 Å². The summed E-state index contributed by atoms with van der Waals surface area (Å²) in [6.07, 6.45) is -6.98. The summed E-state index contributed by atoms with van der Waals surface area (Å²) in [4.78, 5) is 31.4. The van der Waals surface area contributed by atoms with Crippen molar-refractivity contribution >= 4 is 29.1 Å². The van der Waals surface area contributed by atoms with E-state index in [4.69, 9.17) is 10.5 Å². The number of halogens is 8. The number of aryl methyl sites for hydroxylation is 2. The SMILES string of the molecule is C=CC(=O)Nc1ccc(-c2cc(C(F)(F)F)nn2C)c(N)n1.CC.COc1cc(-c2cc(C(F)(F)F)nn2C)cnc1C(=O)Nc1c(F)cccc1F. The monoisotopic (exact) mass is 753 g/mol. The van der Waals surface area contributed by atoms with Crippen LogP contribution in [-0.4, -0.2) is 48.5 Å². The first kappa shape index (κ1) is 41.1. The number of alkyl halides is 6. The smallest absolute Gasteiger partial charge is 0.435 e. The van der Waals surface area contributed by atoms with Crippen molar-refractivity contribution in [1.29, 1.82) is 0 Å². The first-order valence-electron chi connectivity index (χ1n) is 15.1. The molecule has 0 aliphatic carbocycles. The second-order valence-electron chi connectivity index (χ2n) is 10.2. The summed E-state index contributed by atoms with van der Waals surface area (Å²) in [5.41, 5.74) is 3.39. The van der Waals surface area contributed by atoms with Crippen molar-refractivity contribution in [2.24, 2.45) is 14.1 Å². The summed E-state index contributed by atoms with van der Waals surface area (Å²) < 4.78 is 111. The number of carbonyl (C=O) groups excluding carboxylic acids is 2. The molecule has 0 spiro atoms. The van der Waals surface area contributed by atoms with Crippen LogP contribution in [-0.2, 0) is 31.2 Å². The van der Waals surface area contributed by atoms with E-state index in [0.29, 0.717) is 0 Å². The Morgan fingerprint density at radius 3 is 1.91 bits per heavy atom. The maximum absolute atomic E-state index is 13.7. The van der Waals surface area contributed by atoms with Gasteiger partial charge in [-0.15, -0.1) is 0 Å². The van der Waals surface area contributed by atoms with E-state index in [1.54, 1.807) is 0 Å². The number of methoxy groups -OCH3 is 1. The fourth-order valence-corrected chi connectivity index (χ4v) is 4.37. The number of hydrogen-bond acceptors (Lipinski definition) is 8. The third kappa shape index (κ3) is 9.92. The molecule has 2 amide bonds. The summed E-state index contributed by atoms with van der Waals surface area (Å²) in [5.74, 6) is -3.36. The van der Waals surface area contributed by atoms with Gasteiger partial charge in [-0.3, -0.25) is 19.0 Å². The number of anilines is 3. The van der Waals surface area contributed by atoms with E-state index in [1.807, 2.05) is 13.8 Å². The third-order valence-corrected chi connectivity index (χ3v) is 6.76. The Bertz CT molecular complexity index is 2090. The summed E-state index contributed by atoms with van der Waals surface area (Å²) in [6.45, 7) is 7.29. The number of ether oxygens (including phenoxy) is 1. The van der Waals surface area contributed by atoms with E-state index in [-0.39, 0.29) is 45.6 Å². The number of aromatic nitrogens is 6. The minimum Gasteiger partial charge on any atom is -0.494 e. The lowest BCUT2D eigenvalue weighted by Crippen LogP contribution is -2.17. The van der Waals surface area contributed by atoms with Gasteiger partial charge in [0.25, 0.3) is 5.91 Å². The molecular formula is C33H31F8N9O3. The lowest BCUT2D eigenvalue weighted by Gasteiger charge is -2.11. The van der Waals surface area contributed by atoms with Crippen LogP contribution in [0.15, 0.2) is 67.4 Å². The molecule has 4 aromatic heterocycles. The molecule has 1 aromatic carbocycles. The lowest BCUT2D eigenvalue weighted by atomic mass is 10.1. The minimum absolute atomic E-state index is 0.0291. The second-order valence-corrected chi connectivity index (χ2v) is 10.2. The van der Waals surface area contributed by atoms with E-state index in [9.17, 15) is 44.7 Å². The van der Waals surface area contributed by atoms with Crippen LogP contribution < -0.4 is 21.1 Å². The number of hydrogen-bond donors (Lipinski definition) is 3. The number of nitrogens with two attached hydrogens (primary N) is 1. The van der Waals surface area contributed by atoms with Gasteiger partial charge in [0.2, 0.25) is 5.91 Å². The highest BCUT2D eigenvalue weighted by molar-refractivity contribution is 6.05. The number of rotatable bonds is 7. The second kappa shape index (κ2) is 16.8. The molecule has 0 saturated carbocycles. The van der Waals surface area contributed by atoms with Crippen LogP contribution in [0.3, 0.4) is 0 Å². The van der Waals surface area contributed by atoms with Gasteiger partial charge < -0.3 is 21.1 Å². The number of nitrogens with zero attached hydrogens (tertiary/aromatic N) is 6. The highest BCUT2D eigenvalue weighted by Crippen LogP contribution is 2.34. The van der Waals surface area contributed by atoms with Crippen molar-refractivity contribution in [3.05, 3.63) is 96.1 Å². The predicted octanol–water partition coefficient (Wildman–Crippen LogP) is 7.27. The molecule has 282 valence electrons. The number of carbonyl (C=O) groups is 2. The Morgan fingerprint density at radius 2 is 1.42 bits per heavy atom. The minimum atomic E-state index is -4.63.